The van der Waals surface area contributed by atoms with Gasteiger partial charge in [-0.05, 0) is 52.5 Å². The monoisotopic (exact) mass is 430 g/mol. The Bertz CT molecular complexity index is 802. The molecule has 1 aromatic carbocycles. The zero-order valence-electron chi connectivity index (χ0n) is 19.1. The van der Waals surface area contributed by atoms with E-state index in [9.17, 15) is 14.4 Å². The van der Waals surface area contributed by atoms with Gasteiger partial charge in [0.05, 0.1) is 5.41 Å². The summed E-state index contributed by atoms with van der Waals surface area (Å²) in [6.07, 6.45) is 1.68. The van der Waals surface area contributed by atoms with Gasteiger partial charge in [-0.15, -0.1) is 6.58 Å². The second-order valence-electron chi connectivity index (χ2n) is 9.29. The van der Waals surface area contributed by atoms with Crippen LogP contribution in [-0.4, -0.2) is 47.6 Å². The molecule has 1 aromatic rings. The normalized spacial score (nSPS) is 21.8. The third-order valence-corrected chi connectivity index (χ3v) is 5.41. The number of nitrogens with one attached hydrogen (secondary N) is 1. The number of rotatable bonds is 7. The maximum atomic E-state index is 13.0. The minimum atomic E-state index is -0.857. The van der Waals surface area contributed by atoms with Crippen LogP contribution in [0.5, 0.6) is 0 Å². The Morgan fingerprint density at radius 3 is 2.52 bits per heavy atom. The summed E-state index contributed by atoms with van der Waals surface area (Å²) >= 11 is 0. The first-order valence-electron chi connectivity index (χ1n) is 10.6. The van der Waals surface area contributed by atoms with Crippen molar-refractivity contribution < 1.29 is 23.9 Å². The summed E-state index contributed by atoms with van der Waals surface area (Å²) in [4.78, 5) is 39.6. The zero-order chi connectivity index (χ0) is 23.2. The van der Waals surface area contributed by atoms with Crippen LogP contribution in [0.2, 0.25) is 0 Å². The smallest absolute Gasteiger partial charge is 0.408 e. The zero-order valence-corrected chi connectivity index (χ0v) is 19.1. The van der Waals surface area contributed by atoms with Gasteiger partial charge in [0.15, 0.2) is 0 Å². The van der Waals surface area contributed by atoms with E-state index in [1.165, 1.54) is 0 Å². The first-order valence-corrected chi connectivity index (χ1v) is 10.6. The Morgan fingerprint density at radius 1 is 1.29 bits per heavy atom. The Kier molecular flexibility index (Phi) is 7.87. The van der Waals surface area contributed by atoms with Gasteiger partial charge in [-0.3, -0.25) is 9.59 Å². The van der Waals surface area contributed by atoms with Crippen molar-refractivity contribution in [1.29, 1.82) is 0 Å². The van der Waals surface area contributed by atoms with E-state index in [-0.39, 0.29) is 30.9 Å². The molecule has 3 atom stereocenters. The molecule has 170 valence electrons. The molecular weight excluding hydrogens is 396 g/mol. The van der Waals surface area contributed by atoms with Gasteiger partial charge in [-0.1, -0.05) is 36.4 Å². The third kappa shape index (κ3) is 6.57. The fourth-order valence-corrected chi connectivity index (χ4v) is 3.70. The molecular formula is C24H34N2O5. The quantitative estimate of drug-likeness (QED) is 0.527. The number of likely N-dealkylation sites (tertiary alicyclic amines) is 1. The summed E-state index contributed by atoms with van der Waals surface area (Å²) in [5.74, 6) is -0.725. The van der Waals surface area contributed by atoms with Crippen molar-refractivity contribution in [1.82, 2.24) is 10.2 Å². The average molecular weight is 431 g/mol. The van der Waals surface area contributed by atoms with Crippen molar-refractivity contribution in [3.05, 3.63) is 48.6 Å². The van der Waals surface area contributed by atoms with Crippen molar-refractivity contribution in [2.45, 2.75) is 59.3 Å². The van der Waals surface area contributed by atoms with E-state index in [1.54, 1.807) is 38.7 Å². The maximum Gasteiger partial charge on any atom is 0.408 e. The maximum absolute atomic E-state index is 13.0. The van der Waals surface area contributed by atoms with Gasteiger partial charge in [0.25, 0.3) is 0 Å². The van der Waals surface area contributed by atoms with Crippen molar-refractivity contribution in [2.24, 2.45) is 11.3 Å². The summed E-state index contributed by atoms with van der Waals surface area (Å²) in [7, 11) is 0. The summed E-state index contributed by atoms with van der Waals surface area (Å²) in [6, 6.07) is 8.69. The lowest BCUT2D eigenvalue weighted by molar-refractivity contribution is -0.158. The van der Waals surface area contributed by atoms with E-state index in [0.717, 1.165) is 5.56 Å². The first-order chi connectivity index (χ1) is 14.5. The van der Waals surface area contributed by atoms with E-state index >= 15 is 0 Å². The highest BCUT2D eigenvalue weighted by atomic mass is 16.6. The molecule has 1 saturated heterocycles. The number of alkyl carbamates (subject to hydrolysis) is 1. The van der Waals surface area contributed by atoms with Crippen LogP contribution in [-0.2, 0) is 25.7 Å². The third-order valence-electron chi connectivity index (χ3n) is 5.41. The van der Waals surface area contributed by atoms with Gasteiger partial charge in [-0.25, -0.2) is 4.79 Å². The highest BCUT2D eigenvalue weighted by molar-refractivity contribution is 5.87. The highest BCUT2D eigenvalue weighted by Crippen LogP contribution is 2.39. The van der Waals surface area contributed by atoms with Crippen LogP contribution in [0.4, 0.5) is 4.79 Å². The van der Waals surface area contributed by atoms with Crippen molar-refractivity contribution in [3.8, 4) is 0 Å². The molecule has 0 unspecified atom stereocenters. The second kappa shape index (κ2) is 9.98. The largest absolute Gasteiger partial charge is 0.460 e. The van der Waals surface area contributed by atoms with Crippen LogP contribution in [0.1, 0.15) is 46.6 Å². The Hall–Kier alpha value is -2.83. The molecule has 0 saturated carbocycles. The molecule has 1 aliphatic heterocycles. The number of hydrogen-bond acceptors (Lipinski definition) is 5. The van der Waals surface area contributed by atoms with E-state index in [0.29, 0.717) is 13.0 Å². The van der Waals surface area contributed by atoms with E-state index < -0.39 is 23.2 Å². The summed E-state index contributed by atoms with van der Waals surface area (Å²) in [6.45, 7) is 13.3. The van der Waals surface area contributed by atoms with Crippen LogP contribution in [0.3, 0.4) is 0 Å². The lowest BCUT2D eigenvalue weighted by Crippen LogP contribution is -2.48. The summed E-state index contributed by atoms with van der Waals surface area (Å²) in [5, 5.41) is 2.57. The molecule has 1 aliphatic rings. The van der Waals surface area contributed by atoms with Crippen LogP contribution in [0, 0.1) is 11.3 Å². The van der Waals surface area contributed by atoms with Gasteiger partial charge >= 0.3 is 12.1 Å². The standard InChI is InChI=1S/C24H34N2O5/c1-7-11-19-14-26(20(27)17(2)25-22(29)31-23(3,4)5)16-24(19,6)21(28)30-15-18-12-9-8-10-13-18/h7-10,12-13,17,19H,1,11,14-16H2,2-6H3,(H,25,29)/t17-,19-,24+/m0/s1. The molecule has 7 nitrogen and oxygen atoms in total. The molecule has 0 bridgehead atoms. The Morgan fingerprint density at radius 2 is 1.94 bits per heavy atom. The predicted octanol–water partition coefficient (Wildman–Crippen LogP) is 3.68. The Labute approximate surface area is 184 Å². The van der Waals surface area contributed by atoms with Gasteiger partial charge < -0.3 is 19.7 Å². The molecule has 0 radical (unpaired) electrons. The van der Waals surface area contributed by atoms with E-state index in [1.807, 2.05) is 37.3 Å². The van der Waals surface area contributed by atoms with Crippen LogP contribution in [0.25, 0.3) is 0 Å². The number of carbonyl (C=O) groups excluding carboxylic acids is 3. The molecule has 31 heavy (non-hydrogen) atoms. The molecule has 0 aromatic heterocycles. The first kappa shape index (κ1) is 24.4. The lowest BCUT2D eigenvalue weighted by Gasteiger charge is -2.28. The number of hydrogen-bond donors (Lipinski definition) is 1. The van der Waals surface area contributed by atoms with Crippen molar-refractivity contribution >= 4 is 18.0 Å². The van der Waals surface area contributed by atoms with Crippen LogP contribution in [0.15, 0.2) is 43.0 Å². The molecule has 7 heteroatoms. The molecule has 0 spiro atoms. The number of carbonyl (C=O) groups is 3. The van der Waals surface area contributed by atoms with E-state index in [4.69, 9.17) is 9.47 Å². The molecule has 1 fully saturated rings. The minimum absolute atomic E-state index is 0.119. The molecule has 2 amide bonds. The lowest BCUT2D eigenvalue weighted by atomic mass is 9.78. The Balaban J connectivity index is 2.04. The average Bonchev–Trinajstić information content (AvgIpc) is 3.02. The highest BCUT2D eigenvalue weighted by Gasteiger charge is 2.50. The van der Waals surface area contributed by atoms with Gasteiger partial charge in [-0.2, -0.15) is 0 Å². The molecule has 1 heterocycles. The number of esters is 1. The van der Waals surface area contributed by atoms with Crippen LogP contribution >= 0.6 is 0 Å². The van der Waals surface area contributed by atoms with Gasteiger partial charge in [0, 0.05) is 13.1 Å². The predicted molar refractivity (Wildman–Crippen MR) is 118 cm³/mol. The number of benzene rings is 1. The molecule has 1 N–H and O–H groups in total. The number of allylic oxidation sites excluding steroid dienone is 1. The SMILES string of the molecule is C=CC[C@H]1CN(C(=O)[C@H](C)NC(=O)OC(C)(C)C)C[C@@]1(C)C(=O)OCc1ccccc1. The van der Waals surface area contributed by atoms with E-state index in [2.05, 4.69) is 11.9 Å². The topological polar surface area (TPSA) is 84.9 Å². The number of amides is 2. The number of ether oxygens (including phenoxy) is 2. The van der Waals surface area contributed by atoms with Crippen LogP contribution < -0.4 is 5.32 Å². The van der Waals surface area contributed by atoms with Crippen molar-refractivity contribution in [3.63, 3.8) is 0 Å². The van der Waals surface area contributed by atoms with Crippen molar-refractivity contribution in [2.75, 3.05) is 13.1 Å². The molecule has 2 rings (SSSR count). The summed E-state index contributed by atoms with van der Waals surface area (Å²) < 4.78 is 10.8. The fraction of sp³-hybridized carbons (Fsp3) is 0.542. The minimum Gasteiger partial charge on any atom is -0.460 e. The van der Waals surface area contributed by atoms with Gasteiger partial charge in [0.2, 0.25) is 5.91 Å². The summed E-state index contributed by atoms with van der Waals surface area (Å²) in [5.41, 5.74) is -0.609. The molecule has 0 aliphatic carbocycles. The second-order valence-corrected chi connectivity index (χ2v) is 9.29. The van der Waals surface area contributed by atoms with Gasteiger partial charge in [0.1, 0.15) is 18.2 Å². The fourth-order valence-electron chi connectivity index (χ4n) is 3.70. The number of nitrogens with zero attached hydrogens (tertiary/aromatic N) is 1.